The molecule has 1 N–H and O–H groups in total. The van der Waals surface area contributed by atoms with E-state index in [0.29, 0.717) is 22.3 Å². The molecule has 0 saturated heterocycles. The molecule has 1 saturated carbocycles. The Balaban J connectivity index is 1.70. The van der Waals surface area contributed by atoms with E-state index in [1.807, 2.05) is 48.5 Å². The van der Waals surface area contributed by atoms with Crippen LogP contribution < -0.4 is 10.7 Å². The van der Waals surface area contributed by atoms with Crippen LogP contribution in [-0.4, -0.2) is 6.54 Å². The van der Waals surface area contributed by atoms with Gasteiger partial charge in [-0.2, -0.15) is 0 Å². The second-order valence-electron chi connectivity index (χ2n) is 8.19. The third-order valence-electron chi connectivity index (χ3n) is 6.34. The number of hydrogen-bond acceptors (Lipinski definition) is 3. The Labute approximate surface area is 190 Å². The van der Waals surface area contributed by atoms with Gasteiger partial charge in [-0.1, -0.05) is 77.5 Å². The maximum Gasteiger partial charge on any atom is 0.201 e. The van der Waals surface area contributed by atoms with Crippen LogP contribution in [0.15, 0.2) is 86.5 Å². The van der Waals surface area contributed by atoms with Gasteiger partial charge in [0.25, 0.3) is 0 Å². The van der Waals surface area contributed by atoms with Crippen molar-refractivity contribution in [3.8, 4) is 22.5 Å². The molecular weight excluding hydrogens is 450 g/mol. The highest BCUT2D eigenvalue weighted by molar-refractivity contribution is 9.10. The number of rotatable bonds is 5. The Hall–Kier alpha value is -2.69. The highest BCUT2D eigenvalue weighted by Crippen LogP contribution is 2.42. The van der Waals surface area contributed by atoms with E-state index in [2.05, 4.69) is 52.4 Å². The summed E-state index contributed by atoms with van der Waals surface area (Å²) in [5.74, 6) is 0.609. The summed E-state index contributed by atoms with van der Waals surface area (Å²) >= 11 is 3.48. The normalized spacial score (nSPS) is 15.0. The van der Waals surface area contributed by atoms with Crippen molar-refractivity contribution in [3.05, 3.63) is 93.1 Å². The van der Waals surface area contributed by atoms with Crippen molar-refractivity contribution in [3.63, 3.8) is 0 Å². The van der Waals surface area contributed by atoms with Gasteiger partial charge in [0.05, 0.1) is 10.9 Å². The Bertz CT molecular complexity index is 1290. The van der Waals surface area contributed by atoms with Gasteiger partial charge in [-0.15, -0.1) is 0 Å². The summed E-state index contributed by atoms with van der Waals surface area (Å²) in [6.07, 6.45) is 3.55. The van der Waals surface area contributed by atoms with Gasteiger partial charge in [-0.3, -0.25) is 4.79 Å². The highest BCUT2D eigenvalue weighted by Gasteiger charge is 2.37. The lowest BCUT2D eigenvalue weighted by Gasteiger charge is -2.43. The van der Waals surface area contributed by atoms with Gasteiger partial charge in [-0.25, -0.2) is 0 Å². The Morgan fingerprint density at radius 2 is 1.71 bits per heavy atom. The van der Waals surface area contributed by atoms with Crippen LogP contribution in [0.3, 0.4) is 0 Å². The van der Waals surface area contributed by atoms with Crippen LogP contribution in [0.2, 0.25) is 0 Å². The van der Waals surface area contributed by atoms with Crippen molar-refractivity contribution in [2.75, 3.05) is 6.54 Å². The molecule has 31 heavy (non-hydrogen) atoms. The van der Waals surface area contributed by atoms with E-state index in [4.69, 9.17) is 4.42 Å². The maximum atomic E-state index is 13.6. The van der Waals surface area contributed by atoms with Crippen LogP contribution >= 0.6 is 15.9 Å². The van der Waals surface area contributed by atoms with Crippen LogP contribution in [0.4, 0.5) is 0 Å². The average molecular weight is 474 g/mol. The van der Waals surface area contributed by atoms with Crippen molar-refractivity contribution in [1.29, 1.82) is 0 Å². The molecule has 1 aliphatic carbocycles. The van der Waals surface area contributed by atoms with Gasteiger partial charge in [0.1, 0.15) is 11.3 Å². The van der Waals surface area contributed by atoms with E-state index in [-0.39, 0.29) is 11.0 Å². The molecule has 0 unspecified atom stereocenters. The highest BCUT2D eigenvalue weighted by atomic mass is 79.9. The molecule has 3 aromatic carbocycles. The molecule has 0 atom stereocenters. The fourth-order valence-corrected chi connectivity index (χ4v) is 4.98. The summed E-state index contributed by atoms with van der Waals surface area (Å²) in [4.78, 5) is 13.6. The van der Waals surface area contributed by atoms with Crippen molar-refractivity contribution < 1.29 is 4.42 Å². The zero-order valence-corrected chi connectivity index (χ0v) is 19.0. The van der Waals surface area contributed by atoms with Crippen LogP contribution in [0.1, 0.15) is 31.7 Å². The van der Waals surface area contributed by atoms with Crippen molar-refractivity contribution in [2.24, 2.45) is 0 Å². The third-order valence-corrected chi connectivity index (χ3v) is 6.83. The topological polar surface area (TPSA) is 42.2 Å². The molecule has 1 heterocycles. The SMILES string of the molecule is CCNC1(c2ccc(-c3c(-c4ccccc4)oc4ccc(Br)cc4c3=O)cc2)CCC1. The van der Waals surface area contributed by atoms with E-state index in [9.17, 15) is 4.79 Å². The minimum Gasteiger partial charge on any atom is -0.455 e. The van der Waals surface area contributed by atoms with Gasteiger partial charge in [0, 0.05) is 15.6 Å². The predicted molar refractivity (Wildman–Crippen MR) is 130 cm³/mol. The number of benzene rings is 3. The second-order valence-corrected chi connectivity index (χ2v) is 9.10. The van der Waals surface area contributed by atoms with Crippen LogP contribution in [-0.2, 0) is 5.54 Å². The van der Waals surface area contributed by atoms with Gasteiger partial charge in [0.15, 0.2) is 0 Å². The lowest BCUT2D eigenvalue weighted by atomic mass is 9.71. The number of halogens is 1. The molecule has 4 heteroatoms. The van der Waals surface area contributed by atoms with Gasteiger partial charge in [-0.05, 0) is 55.1 Å². The quantitative estimate of drug-likeness (QED) is 0.343. The summed E-state index contributed by atoms with van der Waals surface area (Å²) in [5.41, 5.74) is 4.32. The monoisotopic (exact) mass is 473 g/mol. The zero-order valence-electron chi connectivity index (χ0n) is 17.5. The van der Waals surface area contributed by atoms with Crippen LogP contribution in [0.5, 0.6) is 0 Å². The first kappa shape index (κ1) is 20.2. The van der Waals surface area contributed by atoms with E-state index < -0.39 is 0 Å². The molecule has 5 rings (SSSR count). The average Bonchev–Trinajstić information content (AvgIpc) is 2.77. The van der Waals surface area contributed by atoms with Gasteiger partial charge in [0.2, 0.25) is 5.43 Å². The minimum absolute atomic E-state index is 0.0146. The van der Waals surface area contributed by atoms with E-state index in [1.165, 1.54) is 12.0 Å². The molecule has 0 amide bonds. The Morgan fingerprint density at radius 1 is 0.968 bits per heavy atom. The third kappa shape index (κ3) is 3.54. The van der Waals surface area contributed by atoms with E-state index in [1.54, 1.807) is 0 Å². The fraction of sp³-hybridized carbons (Fsp3) is 0.222. The number of fused-ring (bicyclic) bond motifs is 1. The standard InChI is InChI=1S/C27H24BrNO2/c1-2-29-27(15-6-16-27)20-11-9-18(10-12-20)24-25(30)22-17-21(28)13-14-23(22)31-26(24)19-7-4-3-5-8-19/h3-5,7-14,17,29H,2,6,15-16H2,1H3. The van der Waals surface area contributed by atoms with Gasteiger partial charge >= 0.3 is 0 Å². The molecule has 0 radical (unpaired) electrons. The molecular formula is C27H24BrNO2. The zero-order chi connectivity index (χ0) is 21.4. The number of nitrogens with one attached hydrogen (secondary N) is 1. The van der Waals surface area contributed by atoms with Crippen molar-refractivity contribution >= 4 is 26.9 Å². The molecule has 1 fully saturated rings. The molecule has 156 valence electrons. The van der Waals surface area contributed by atoms with Crippen LogP contribution in [0, 0.1) is 0 Å². The largest absolute Gasteiger partial charge is 0.455 e. The summed E-state index contributed by atoms with van der Waals surface area (Å²) < 4.78 is 7.16. The molecule has 0 aliphatic heterocycles. The Kier molecular flexibility index (Phi) is 5.28. The molecule has 1 aliphatic rings. The summed E-state index contributed by atoms with van der Waals surface area (Å²) in [6.45, 7) is 3.10. The first-order chi connectivity index (χ1) is 15.1. The lowest BCUT2D eigenvalue weighted by molar-refractivity contribution is 0.190. The van der Waals surface area contributed by atoms with E-state index >= 15 is 0 Å². The first-order valence-electron chi connectivity index (χ1n) is 10.8. The lowest BCUT2D eigenvalue weighted by Crippen LogP contribution is -2.47. The fourth-order valence-electron chi connectivity index (χ4n) is 4.61. The molecule has 0 spiro atoms. The van der Waals surface area contributed by atoms with Crippen molar-refractivity contribution in [1.82, 2.24) is 5.32 Å². The predicted octanol–water partition coefficient (Wildman–Crippen LogP) is 6.88. The minimum atomic E-state index is -0.0146. The maximum absolute atomic E-state index is 13.6. The second kappa shape index (κ2) is 8.10. The van der Waals surface area contributed by atoms with Crippen molar-refractivity contribution in [2.45, 2.75) is 31.7 Å². The first-order valence-corrected chi connectivity index (χ1v) is 11.6. The summed E-state index contributed by atoms with van der Waals surface area (Å²) in [6, 6.07) is 23.9. The molecule has 1 aromatic heterocycles. The number of hydrogen-bond donors (Lipinski definition) is 1. The summed E-state index contributed by atoms with van der Waals surface area (Å²) in [5, 5.41) is 4.24. The van der Waals surface area contributed by atoms with E-state index in [0.717, 1.165) is 35.0 Å². The molecule has 4 aromatic rings. The van der Waals surface area contributed by atoms with Crippen LogP contribution in [0.25, 0.3) is 33.4 Å². The molecule has 0 bridgehead atoms. The molecule has 3 nitrogen and oxygen atoms in total. The smallest absolute Gasteiger partial charge is 0.201 e. The summed E-state index contributed by atoms with van der Waals surface area (Å²) in [7, 11) is 0. The van der Waals surface area contributed by atoms with Gasteiger partial charge < -0.3 is 9.73 Å². The Morgan fingerprint density at radius 3 is 2.35 bits per heavy atom.